The molecule has 0 aromatic carbocycles. The standard InChI is InChI=1S/C17H27NO2/c1-12(2)17(19)20-16-9-7-15(8-10-16)14-5-3-13(11-18)4-6-14/h12-16H,3-10H2,1-2H3. The Morgan fingerprint density at radius 3 is 1.95 bits per heavy atom. The molecule has 3 nitrogen and oxygen atoms in total. The normalized spacial score (nSPS) is 34.5. The molecule has 2 saturated carbocycles. The van der Waals surface area contributed by atoms with Crippen molar-refractivity contribution < 1.29 is 9.53 Å². The van der Waals surface area contributed by atoms with E-state index in [0.29, 0.717) is 5.92 Å². The molecule has 2 aliphatic carbocycles. The molecule has 20 heavy (non-hydrogen) atoms. The van der Waals surface area contributed by atoms with Gasteiger partial charge in [0.15, 0.2) is 0 Å². The molecule has 0 amide bonds. The molecule has 2 rings (SSSR count). The predicted molar refractivity (Wildman–Crippen MR) is 77.7 cm³/mol. The average Bonchev–Trinajstić information content (AvgIpc) is 2.48. The van der Waals surface area contributed by atoms with Crippen LogP contribution in [0, 0.1) is 35.0 Å². The van der Waals surface area contributed by atoms with Crippen molar-refractivity contribution in [2.75, 3.05) is 0 Å². The second kappa shape index (κ2) is 7.11. The quantitative estimate of drug-likeness (QED) is 0.730. The van der Waals surface area contributed by atoms with E-state index in [0.717, 1.165) is 37.5 Å². The van der Waals surface area contributed by atoms with Crippen LogP contribution in [0.2, 0.25) is 0 Å². The number of hydrogen-bond acceptors (Lipinski definition) is 3. The zero-order chi connectivity index (χ0) is 14.5. The lowest BCUT2D eigenvalue weighted by molar-refractivity contribution is -0.155. The van der Waals surface area contributed by atoms with Crippen LogP contribution in [0.25, 0.3) is 0 Å². The average molecular weight is 277 g/mol. The van der Waals surface area contributed by atoms with Crippen LogP contribution in [0.15, 0.2) is 0 Å². The first kappa shape index (κ1) is 15.4. The summed E-state index contributed by atoms with van der Waals surface area (Å²) in [5.74, 6) is 1.83. The molecule has 0 aliphatic heterocycles. The Kier molecular flexibility index (Phi) is 5.46. The lowest BCUT2D eigenvalue weighted by Crippen LogP contribution is -2.30. The maximum absolute atomic E-state index is 11.6. The number of rotatable bonds is 3. The first-order valence-corrected chi connectivity index (χ1v) is 8.20. The van der Waals surface area contributed by atoms with Crippen molar-refractivity contribution in [2.45, 2.75) is 71.3 Å². The van der Waals surface area contributed by atoms with Crippen molar-refractivity contribution in [2.24, 2.45) is 23.7 Å². The fraction of sp³-hybridized carbons (Fsp3) is 0.882. The molecule has 0 unspecified atom stereocenters. The number of ether oxygens (including phenoxy) is 1. The lowest BCUT2D eigenvalue weighted by Gasteiger charge is -2.36. The molecule has 2 fully saturated rings. The minimum atomic E-state index is -0.0528. The molecule has 0 bridgehead atoms. The van der Waals surface area contributed by atoms with E-state index in [1.54, 1.807) is 0 Å². The number of nitriles is 1. The van der Waals surface area contributed by atoms with Gasteiger partial charge in [-0.05, 0) is 63.2 Å². The summed E-state index contributed by atoms with van der Waals surface area (Å²) in [6.45, 7) is 3.78. The van der Waals surface area contributed by atoms with Gasteiger partial charge in [0.2, 0.25) is 0 Å². The second-order valence-electron chi connectivity index (χ2n) is 6.87. The van der Waals surface area contributed by atoms with Gasteiger partial charge in [-0.25, -0.2) is 0 Å². The van der Waals surface area contributed by atoms with Crippen molar-refractivity contribution in [3.8, 4) is 6.07 Å². The van der Waals surface area contributed by atoms with Gasteiger partial charge in [0.1, 0.15) is 6.10 Å². The summed E-state index contributed by atoms with van der Waals surface area (Å²) in [6, 6.07) is 2.41. The molecule has 0 aromatic heterocycles. The first-order chi connectivity index (χ1) is 9.60. The van der Waals surface area contributed by atoms with E-state index >= 15 is 0 Å². The monoisotopic (exact) mass is 277 g/mol. The second-order valence-corrected chi connectivity index (χ2v) is 6.87. The van der Waals surface area contributed by atoms with Crippen LogP contribution in [0.3, 0.4) is 0 Å². The van der Waals surface area contributed by atoms with Gasteiger partial charge in [-0.15, -0.1) is 0 Å². The summed E-state index contributed by atoms with van der Waals surface area (Å²) >= 11 is 0. The van der Waals surface area contributed by atoms with E-state index in [9.17, 15) is 4.79 Å². The predicted octanol–water partition coefficient (Wildman–Crippen LogP) is 4.07. The minimum absolute atomic E-state index is 0.0195. The van der Waals surface area contributed by atoms with E-state index < -0.39 is 0 Å². The van der Waals surface area contributed by atoms with Crippen LogP contribution in [0.1, 0.15) is 65.2 Å². The van der Waals surface area contributed by atoms with Crippen LogP contribution in [0.5, 0.6) is 0 Å². The third kappa shape index (κ3) is 3.98. The number of hydrogen-bond donors (Lipinski definition) is 0. The molecule has 0 N–H and O–H groups in total. The molecule has 0 radical (unpaired) electrons. The van der Waals surface area contributed by atoms with Gasteiger partial charge in [-0.2, -0.15) is 5.26 Å². The Balaban J connectivity index is 1.72. The highest BCUT2D eigenvalue weighted by Gasteiger charge is 2.32. The summed E-state index contributed by atoms with van der Waals surface area (Å²) in [6.07, 6.45) is 9.21. The largest absolute Gasteiger partial charge is 0.462 e. The summed E-state index contributed by atoms with van der Waals surface area (Å²) in [5, 5.41) is 8.95. The van der Waals surface area contributed by atoms with Crippen LogP contribution < -0.4 is 0 Å². The Bertz CT molecular complexity index is 356. The molecule has 3 heteroatoms. The lowest BCUT2D eigenvalue weighted by atomic mass is 9.71. The van der Waals surface area contributed by atoms with E-state index in [4.69, 9.17) is 10.00 Å². The molecule has 0 atom stereocenters. The maximum atomic E-state index is 11.6. The van der Waals surface area contributed by atoms with E-state index in [-0.39, 0.29) is 18.0 Å². The van der Waals surface area contributed by atoms with Gasteiger partial charge in [0, 0.05) is 5.92 Å². The van der Waals surface area contributed by atoms with Crippen molar-refractivity contribution in [1.29, 1.82) is 5.26 Å². The highest BCUT2D eigenvalue weighted by Crippen LogP contribution is 2.40. The minimum Gasteiger partial charge on any atom is -0.462 e. The first-order valence-electron chi connectivity index (χ1n) is 8.20. The van der Waals surface area contributed by atoms with Gasteiger partial charge >= 0.3 is 5.97 Å². The van der Waals surface area contributed by atoms with Crippen molar-refractivity contribution in [3.05, 3.63) is 0 Å². The zero-order valence-corrected chi connectivity index (χ0v) is 12.8. The third-order valence-electron chi connectivity index (χ3n) is 5.09. The zero-order valence-electron chi connectivity index (χ0n) is 12.8. The molecule has 0 aromatic rings. The molecule has 112 valence electrons. The van der Waals surface area contributed by atoms with Crippen LogP contribution in [-0.4, -0.2) is 12.1 Å². The smallest absolute Gasteiger partial charge is 0.308 e. The van der Waals surface area contributed by atoms with Gasteiger partial charge < -0.3 is 4.74 Å². The highest BCUT2D eigenvalue weighted by atomic mass is 16.5. The molecule has 0 saturated heterocycles. The fourth-order valence-corrected chi connectivity index (χ4v) is 3.70. The Morgan fingerprint density at radius 1 is 1.00 bits per heavy atom. The van der Waals surface area contributed by atoms with Crippen molar-refractivity contribution in [1.82, 2.24) is 0 Å². The number of carbonyl (C=O) groups excluding carboxylic acids is 1. The number of carbonyl (C=O) groups is 1. The Labute approximate surface area is 122 Å². The van der Waals surface area contributed by atoms with Gasteiger partial charge in [0.25, 0.3) is 0 Å². The molecule has 0 heterocycles. The molecular formula is C17H27NO2. The SMILES string of the molecule is CC(C)C(=O)OC1CCC(C2CCC(C#N)CC2)CC1. The van der Waals surface area contributed by atoms with E-state index in [1.807, 2.05) is 13.8 Å². The Morgan fingerprint density at radius 2 is 1.50 bits per heavy atom. The fourth-order valence-electron chi connectivity index (χ4n) is 3.70. The van der Waals surface area contributed by atoms with Crippen LogP contribution in [-0.2, 0) is 9.53 Å². The molecule has 2 aliphatic rings. The third-order valence-corrected chi connectivity index (χ3v) is 5.09. The van der Waals surface area contributed by atoms with Crippen molar-refractivity contribution in [3.63, 3.8) is 0 Å². The van der Waals surface area contributed by atoms with Gasteiger partial charge in [-0.1, -0.05) is 13.8 Å². The Hall–Kier alpha value is -1.04. The van der Waals surface area contributed by atoms with Gasteiger partial charge in [0.05, 0.1) is 12.0 Å². The van der Waals surface area contributed by atoms with Crippen LogP contribution >= 0.6 is 0 Å². The van der Waals surface area contributed by atoms with Gasteiger partial charge in [-0.3, -0.25) is 4.79 Å². The van der Waals surface area contributed by atoms with Crippen LogP contribution in [0.4, 0.5) is 0 Å². The summed E-state index contributed by atoms with van der Waals surface area (Å²) < 4.78 is 5.54. The topological polar surface area (TPSA) is 50.1 Å². The summed E-state index contributed by atoms with van der Waals surface area (Å²) in [4.78, 5) is 11.6. The summed E-state index contributed by atoms with van der Waals surface area (Å²) in [7, 11) is 0. The van der Waals surface area contributed by atoms with E-state index in [2.05, 4.69) is 6.07 Å². The number of nitrogens with zero attached hydrogens (tertiary/aromatic N) is 1. The maximum Gasteiger partial charge on any atom is 0.308 e. The summed E-state index contributed by atoms with van der Waals surface area (Å²) in [5.41, 5.74) is 0. The van der Waals surface area contributed by atoms with E-state index in [1.165, 1.54) is 25.7 Å². The number of esters is 1. The van der Waals surface area contributed by atoms with Crippen molar-refractivity contribution >= 4 is 5.97 Å². The molecule has 0 spiro atoms. The highest BCUT2D eigenvalue weighted by molar-refractivity contribution is 5.71. The molecular weight excluding hydrogens is 250 g/mol.